The van der Waals surface area contributed by atoms with Crippen molar-refractivity contribution in [3.05, 3.63) is 18.5 Å². The summed E-state index contributed by atoms with van der Waals surface area (Å²) in [6.45, 7) is -0.0481. The van der Waals surface area contributed by atoms with E-state index in [0.717, 1.165) is 24.8 Å². The van der Waals surface area contributed by atoms with Crippen molar-refractivity contribution < 1.29 is 10.2 Å². The van der Waals surface area contributed by atoms with Crippen molar-refractivity contribution in [2.24, 2.45) is 17.3 Å². The number of hydrogen-bond acceptors (Lipinski definition) is 7. The average Bonchev–Trinajstić information content (AvgIpc) is 3.07. The zero-order valence-electron chi connectivity index (χ0n) is 13.8. The smallest absolute Gasteiger partial charge is 0.224 e. The summed E-state index contributed by atoms with van der Waals surface area (Å²) in [5, 5.41) is 23.2. The standard InChI is InChI=1S/C17H22N6O2/c18-16-21-14(20-10-2-3-10)12-15(22-16)23(8-19-12)13-9-1-4-11(13)17(5-9,6-24)7-25/h1,4,8-11,13,24-25H,2-3,5-7H2,(H3,18,20,21,22)/t9-,11-,13+/m0/s1. The highest BCUT2D eigenvalue weighted by Gasteiger charge is 2.55. The van der Waals surface area contributed by atoms with Gasteiger partial charge in [-0.3, -0.25) is 0 Å². The molecular weight excluding hydrogens is 320 g/mol. The van der Waals surface area contributed by atoms with Crippen molar-refractivity contribution >= 4 is 22.9 Å². The molecular formula is C17H22N6O2. The van der Waals surface area contributed by atoms with E-state index in [4.69, 9.17) is 5.73 Å². The zero-order chi connectivity index (χ0) is 17.2. The Labute approximate surface area is 144 Å². The fraction of sp³-hybridized carbons (Fsp3) is 0.588. The van der Waals surface area contributed by atoms with E-state index in [1.807, 2.05) is 4.57 Å². The number of imidazole rings is 1. The van der Waals surface area contributed by atoms with E-state index >= 15 is 0 Å². The van der Waals surface area contributed by atoms with Gasteiger partial charge in [0.1, 0.15) is 0 Å². The molecule has 132 valence electrons. The van der Waals surface area contributed by atoms with Crippen LogP contribution in [0.4, 0.5) is 11.8 Å². The van der Waals surface area contributed by atoms with Crippen molar-refractivity contribution in [2.45, 2.75) is 31.3 Å². The van der Waals surface area contributed by atoms with Crippen molar-refractivity contribution in [1.29, 1.82) is 0 Å². The van der Waals surface area contributed by atoms with Crippen LogP contribution in [0, 0.1) is 17.3 Å². The quantitative estimate of drug-likeness (QED) is 0.590. The molecule has 0 amide bonds. The summed E-state index contributed by atoms with van der Waals surface area (Å²) in [6, 6.07) is 0.538. The van der Waals surface area contributed by atoms with Crippen LogP contribution in [0.3, 0.4) is 0 Å². The van der Waals surface area contributed by atoms with Crippen LogP contribution in [0.15, 0.2) is 18.5 Å². The molecule has 3 aliphatic rings. The average molecular weight is 342 g/mol. The van der Waals surface area contributed by atoms with Gasteiger partial charge in [0, 0.05) is 23.4 Å². The molecule has 8 heteroatoms. The second-order valence-corrected chi connectivity index (χ2v) is 7.62. The highest BCUT2D eigenvalue weighted by atomic mass is 16.3. The Kier molecular flexibility index (Phi) is 3.11. The number of nitrogen functional groups attached to an aromatic ring is 1. The second-order valence-electron chi connectivity index (χ2n) is 7.62. The summed E-state index contributed by atoms with van der Waals surface area (Å²) in [5.41, 5.74) is 6.90. The van der Waals surface area contributed by atoms with Crippen LogP contribution in [0.25, 0.3) is 11.2 Å². The van der Waals surface area contributed by atoms with Gasteiger partial charge in [0.25, 0.3) is 0 Å². The van der Waals surface area contributed by atoms with Crippen molar-refractivity contribution in [3.63, 3.8) is 0 Å². The maximum absolute atomic E-state index is 9.89. The predicted molar refractivity (Wildman–Crippen MR) is 92.8 cm³/mol. The summed E-state index contributed by atoms with van der Waals surface area (Å²) < 4.78 is 2.05. The summed E-state index contributed by atoms with van der Waals surface area (Å²) in [4.78, 5) is 13.3. The molecule has 5 rings (SSSR count). The first-order chi connectivity index (χ1) is 12.1. The van der Waals surface area contributed by atoms with Gasteiger partial charge in [-0.15, -0.1) is 0 Å². The molecule has 0 aromatic carbocycles. The zero-order valence-corrected chi connectivity index (χ0v) is 13.8. The molecule has 2 aromatic rings. The lowest BCUT2D eigenvalue weighted by atomic mass is 9.77. The number of anilines is 2. The molecule has 5 N–H and O–H groups in total. The highest BCUT2D eigenvalue weighted by molar-refractivity contribution is 5.84. The molecule has 3 atom stereocenters. The Hall–Kier alpha value is -2.19. The Bertz CT molecular complexity index is 854. The lowest BCUT2D eigenvalue weighted by molar-refractivity contribution is 0.0290. The van der Waals surface area contributed by atoms with Gasteiger partial charge in [0.05, 0.1) is 19.5 Å². The second kappa shape index (κ2) is 5.15. The number of hydrogen-bond donors (Lipinski definition) is 4. The van der Waals surface area contributed by atoms with Crippen molar-refractivity contribution in [1.82, 2.24) is 19.5 Å². The summed E-state index contributed by atoms with van der Waals surface area (Å²) in [6.07, 6.45) is 9.12. The minimum atomic E-state index is -0.478. The topological polar surface area (TPSA) is 122 Å². The van der Waals surface area contributed by atoms with Gasteiger partial charge in [0.2, 0.25) is 5.95 Å². The van der Waals surface area contributed by atoms with Crippen LogP contribution >= 0.6 is 0 Å². The number of rotatable bonds is 5. The van der Waals surface area contributed by atoms with Crippen molar-refractivity contribution in [2.75, 3.05) is 24.3 Å². The van der Waals surface area contributed by atoms with Gasteiger partial charge in [-0.2, -0.15) is 9.97 Å². The van der Waals surface area contributed by atoms with E-state index in [0.29, 0.717) is 17.5 Å². The summed E-state index contributed by atoms with van der Waals surface area (Å²) in [7, 11) is 0. The van der Waals surface area contributed by atoms with E-state index in [1.54, 1.807) is 6.33 Å². The first-order valence-corrected chi connectivity index (χ1v) is 8.82. The Morgan fingerprint density at radius 3 is 2.72 bits per heavy atom. The lowest BCUT2D eigenvalue weighted by Crippen LogP contribution is -2.35. The van der Waals surface area contributed by atoms with Gasteiger partial charge in [-0.25, -0.2) is 4.98 Å². The molecule has 0 unspecified atom stereocenters. The molecule has 8 nitrogen and oxygen atoms in total. The number of aliphatic hydroxyl groups is 2. The number of fused-ring (bicyclic) bond motifs is 3. The third-order valence-corrected chi connectivity index (χ3v) is 6.03. The van der Waals surface area contributed by atoms with Crippen molar-refractivity contribution in [3.8, 4) is 0 Å². The van der Waals surface area contributed by atoms with E-state index < -0.39 is 5.41 Å². The number of aromatic nitrogens is 4. The molecule has 2 aromatic heterocycles. The molecule has 0 spiro atoms. The molecule has 2 heterocycles. The van der Waals surface area contributed by atoms with Gasteiger partial charge < -0.3 is 25.8 Å². The molecule has 2 bridgehead atoms. The van der Waals surface area contributed by atoms with Crippen LogP contribution in [0.2, 0.25) is 0 Å². The number of allylic oxidation sites excluding steroid dienone is 2. The summed E-state index contributed by atoms with van der Waals surface area (Å²) >= 11 is 0. The summed E-state index contributed by atoms with van der Waals surface area (Å²) in [5.74, 6) is 1.22. The fourth-order valence-corrected chi connectivity index (χ4v) is 4.56. The molecule has 0 aliphatic heterocycles. The van der Waals surface area contributed by atoms with Gasteiger partial charge in [-0.05, 0) is 25.2 Å². The molecule has 0 radical (unpaired) electrons. The van der Waals surface area contributed by atoms with Crippen LogP contribution in [0.5, 0.6) is 0 Å². The maximum Gasteiger partial charge on any atom is 0.224 e. The lowest BCUT2D eigenvalue weighted by Gasteiger charge is -2.32. The number of nitrogens with two attached hydrogens (primary N) is 1. The molecule has 2 fully saturated rings. The normalized spacial score (nSPS) is 29.6. The van der Waals surface area contributed by atoms with Gasteiger partial charge in [-0.1, -0.05) is 12.2 Å². The van der Waals surface area contributed by atoms with Crippen LogP contribution in [-0.2, 0) is 0 Å². The first kappa shape index (κ1) is 15.1. The highest BCUT2D eigenvalue weighted by Crippen LogP contribution is 2.58. The number of nitrogens with one attached hydrogen (secondary N) is 1. The third kappa shape index (κ3) is 2.10. The fourth-order valence-electron chi connectivity index (χ4n) is 4.56. The molecule has 3 aliphatic carbocycles. The Morgan fingerprint density at radius 1 is 1.24 bits per heavy atom. The SMILES string of the molecule is Nc1nc(NC2CC2)c2ncn([C@@H]3[C@H]4C=C[C@@H]3C(CO)(CO)C4)c2n1. The largest absolute Gasteiger partial charge is 0.396 e. The van der Waals surface area contributed by atoms with Crippen LogP contribution in [0.1, 0.15) is 25.3 Å². The number of aliphatic hydroxyl groups excluding tert-OH is 2. The minimum Gasteiger partial charge on any atom is -0.396 e. The van der Waals surface area contributed by atoms with Gasteiger partial charge >= 0.3 is 0 Å². The third-order valence-electron chi connectivity index (χ3n) is 6.03. The maximum atomic E-state index is 9.89. The van der Waals surface area contributed by atoms with E-state index in [9.17, 15) is 10.2 Å². The molecule has 25 heavy (non-hydrogen) atoms. The minimum absolute atomic E-state index is 0.0241. The Morgan fingerprint density at radius 2 is 2.04 bits per heavy atom. The Balaban J connectivity index is 1.59. The van der Waals surface area contributed by atoms with Gasteiger partial charge in [0.15, 0.2) is 17.0 Å². The molecule has 2 saturated carbocycles. The monoisotopic (exact) mass is 342 g/mol. The van der Waals surface area contributed by atoms with E-state index in [2.05, 4.69) is 32.4 Å². The number of nitrogens with zero attached hydrogens (tertiary/aromatic N) is 4. The van der Waals surface area contributed by atoms with Crippen LogP contribution in [-0.4, -0.2) is 49.0 Å². The molecule has 0 saturated heterocycles. The van der Waals surface area contributed by atoms with E-state index in [1.165, 1.54) is 0 Å². The van der Waals surface area contributed by atoms with E-state index in [-0.39, 0.29) is 37.0 Å². The first-order valence-electron chi connectivity index (χ1n) is 8.82. The predicted octanol–water partition coefficient (Wildman–Crippen LogP) is 0.701. The van der Waals surface area contributed by atoms with Crippen LogP contribution < -0.4 is 11.1 Å².